The predicted molar refractivity (Wildman–Crippen MR) is 100 cm³/mol. The highest BCUT2D eigenvalue weighted by Crippen LogP contribution is 2.50. The minimum absolute atomic E-state index is 0.0676. The Morgan fingerprint density at radius 2 is 1.81 bits per heavy atom. The van der Waals surface area contributed by atoms with Crippen LogP contribution < -0.4 is 5.73 Å². The maximum atomic E-state index is 12.8. The van der Waals surface area contributed by atoms with Crippen molar-refractivity contribution in [2.75, 3.05) is 12.1 Å². The molecule has 9 nitrogen and oxygen atoms in total. The zero-order valence-corrected chi connectivity index (χ0v) is 17.2. The number of hydrogen-bond acceptors (Lipinski definition) is 8. The molecule has 11 heteroatoms. The molecular weight excluding hydrogens is 381 g/mol. The fraction of sp³-hybridized carbons (Fsp3) is 0.667. The average Bonchev–Trinajstić information content (AvgIpc) is 2.87. The van der Waals surface area contributed by atoms with Gasteiger partial charge in [0, 0.05) is 0 Å². The summed E-state index contributed by atoms with van der Waals surface area (Å²) in [4.78, 5) is 12.2. The van der Waals surface area contributed by atoms with E-state index in [4.69, 9.17) is 31.1 Å². The van der Waals surface area contributed by atoms with Crippen LogP contribution in [0.4, 0.5) is 5.95 Å². The van der Waals surface area contributed by atoms with Crippen molar-refractivity contribution in [2.45, 2.75) is 59.5 Å². The van der Waals surface area contributed by atoms with E-state index in [0.717, 1.165) is 0 Å². The molecule has 0 unspecified atom stereocenters. The fourth-order valence-corrected chi connectivity index (χ4v) is 4.45. The first-order valence-electron chi connectivity index (χ1n) is 8.31. The van der Waals surface area contributed by atoms with Crippen LogP contribution in [0, 0.1) is 0 Å². The maximum absolute atomic E-state index is 12.8. The topological polar surface area (TPSA) is 114 Å². The monoisotopic (exact) mass is 405 g/mol. The Morgan fingerprint density at radius 3 is 2.38 bits per heavy atom. The number of imidazole rings is 1. The van der Waals surface area contributed by atoms with Crippen molar-refractivity contribution >= 4 is 36.3 Å². The van der Waals surface area contributed by atoms with E-state index in [1.165, 1.54) is 0 Å². The highest BCUT2D eigenvalue weighted by atomic mass is 35.5. The predicted octanol–water partition coefficient (Wildman–Crippen LogP) is 3.47. The van der Waals surface area contributed by atoms with E-state index < -0.39 is 7.60 Å². The molecule has 26 heavy (non-hydrogen) atoms. The number of fused-ring (bicyclic) bond motifs is 1. The van der Waals surface area contributed by atoms with Crippen molar-refractivity contribution in [3.8, 4) is 0 Å². The number of ether oxygens (including phenoxy) is 1. The molecule has 0 aliphatic rings. The standard InChI is InChI=1S/C15H25ClN5O4P/c1-9(2)24-26(22,25-10(3)4)8-23-11(5)6-21-7-18-12-13(16)19-15(17)20-14(12)21/h7,9-11H,6,8H2,1-5H3,(H2,17,19,20)/t11-/m1/s1. The van der Waals surface area contributed by atoms with Crippen LogP contribution in [0.25, 0.3) is 11.2 Å². The van der Waals surface area contributed by atoms with Crippen LogP contribution in [0.2, 0.25) is 5.15 Å². The summed E-state index contributed by atoms with van der Waals surface area (Å²) in [5.41, 5.74) is 6.62. The lowest BCUT2D eigenvalue weighted by Crippen LogP contribution is -2.19. The van der Waals surface area contributed by atoms with E-state index >= 15 is 0 Å². The van der Waals surface area contributed by atoms with Gasteiger partial charge >= 0.3 is 7.60 Å². The van der Waals surface area contributed by atoms with Crippen molar-refractivity contribution in [3.63, 3.8) is 0 Å². The lowest BCUT2D eigenvalue weighted by molar-refractivity contribution is 0.0549. The third kappa shape index (κ3) is 5.62. The molecule has 0 aliphatic heterocycles. The molecule has 0 spiro atoms. The Labute approximate surface area is 157 Å². The van der Waals surface area contributed by atoms with Gasteiger partial charge in [-0.15, -0.1) is 0 Å². The van der Waals surface area contributed by atoms with Gasteiger partial charge < -0.3 is 24.1 Å². The van der Waals surface area contributed by atoms with Crippen LogP contribution in [0.1, 0.15) is 34.6 Å². The Kier molecular flexibility index (Phi) is 6.99. The van der Waals surface area contributed by atoms with Gasteiger partial charge in [-0.05, 0) is 34.6 Å². The minimum Gasteiger partial charge on any atom is -0.368 e. The van der Waals surface area contributed by atoms with Crippen LogP contribution in [0.3, 0.4) is 0 Å². The first-order valence-corrected chi connectivity index (χ1v) is 10.4. The van der Waals surface area contributed by atoms with E-state index in [1.54, 1.807) is 38.6 Å². The zero-order valence-electron chi connectivity index (χ0n) is 15.5. The molecule has 146 valence electrons. The first-order chi connectivity index (χ1) is 12.1. The van der Waals surface area contributed by atoms with Gasteiger partial charge in [0.15, 0.2) is 10.8 Å². The van der Waals surface area contributed by atoms with Crippen LogP contribution in [-0.2, 0) is 24.9 Å². The van der Waals surface area contributed by atoms with Gasteiger partial charge in [-0.2, -0.15) is 9.97 Å². The number of anilines is 1. The summed E-state index contributed by atoms with van der Waals surface area (Å²) < 4.78 is 31.2. The second kappa shape index (κ2) is 8.63. The molecule has 0 amide bonds. The fourth-order valence-electron chi connectivity index (χ4n) is 2.34. The smallest absolute Gasteiger partial charge is 0.356 e. The van der Waals surface area contributed by atoms with Crippen molar-refractivity contribution in [1.82, 2.24) is 19.5 Å². The Hall–Kier alpha value is -1.25. The SMILES string of the molecule is CC(C)OP(=O)(CO[C@H](C)Cn1cnc2c(Cl)nc(N)nc21)OC(C)C. The van der Waals surface area contributed by atoms with Crippen molar-refractivity contribution in [2.24, 2.45) is 0 Å². The molecule has 0 bridgehead atoms. The summed E-state index contributed by atoms with van der Waals surface area (Å²) in [6, 6.07) is 0. The van der Waals surface area contributed by atoms with Crippen LogP contribution in [0.5, 0.6) is 0 Å². The molecule has 2 heterocycles. The molecule has 0 fully saturated rings. The van der Waals surface area contributed by atoms with Gasteiger partial charge in [0.25, 0.3) is 0 Å². The number of aromatic nitrogens is 4. The molecule has 0 aromatic carbocycles. The number of nitrogen functional groups attached to an aromatic ring is 1. The third-order valence-electron chi connectivity index (χ3n) is 3.15. The van der Waals surface area contributed by atoms with E-state index in [0.29, 0.717) is 17.7 Å². The molecule has 2 aromatic rings. The van der Waals surface area contributed by atoms with E-state index in [2.05, 4.69) is 15.0 Å². The van der Waals surface area contributed by atoms with Gasteiger partial charge in [0.2, 0.25) is 5.95 Å². The molecule has 0 saturated carbocycles. The molecule has 0 saturated heterocycles. The highest BCUT2D eigenvalue weighted by Gasteiger charge is 2.29. The Morgan fingerprint density at radius 1 is 1.19 bits per heavy atom. The summed E-state index contributed by atoms with van der Waals surface area (Å²) in [6.45, 7) is 9.44. The van der Waals surface area contributed by atoms with Crippen LogP contribution in [0.15, 0.2) is 6.33 Å². The zero-order chi connectivity index (χ0) is 19.5. The summed E-state index contributed by atoms with van der Waals surface area (Å²) in [5, 5.41) is 0.194. The normalized spacial score (nSPS) is 13.8. The lowest BCUT2D eigenvalue weighted by atomic mass is 10.4. The molecule has 1 atom stereocenters. The summed E-state index contributed by atoms with van der Waals surface area (Å²) in [7, 11) is -3.35. The number of hydrogen-bond donors (Lipinski definition) is 1. The Balaban J connectivity index is 2.06. The number of nitrogens with two attached hydrogens (primary N) is 1. The molecule has 2 N–H and O–H groups in total. The van der Waals surface area contributed by atoms with E-state index in [-0.39, 0.29) is 35.8 Å². The average molecular weight is 406 g/mol. The molecule has 0 aliphatic carbocycles. The molecule has 0 radical (unpaired) electrons. The van der Waals surface area contributed by atoms with Crippen molar-refractivity contribution in [1.29, 1.82) is 0 Å². The second-order valence-electron chi connectivity index (χ2n) is 6.47. The van der Waals surface area contributed by atoms with Gasteiger partial charge in [-0.25, -0.2) is 4.98 Å². The first kappa shape index (κ1) is 21.1. The lowest BCUT2D eigenvalue weighted by Gasteiger charge is -2.24. The molecule has 2 rings (SSSR count). The molecule has 2 aromatic heterocycles. The highest BCUT2D eigenvalue weighted by molar-refractivity contribution is 7.53. The van der Waals surface area contributed by atoms with Crippen LogP contribution >= 0.6 is 19.2 Å². The third-order valence-corrected chi connectivity index (χ3v) is 5.37. The Bertz CT molecular complexity index is 784. The maximum Gasteiger partial charge on any atom is 0.356 e. The summed E-state index contributed by atoms with van der Waals surface area (Å²) in [6.07, 6.45) is 0.659. The molecular formula is C15H25ClN5O4P. The van der Waals surface area contributed by atoms with Gasteiger partial charge in [0.05, 0.1) is 31.2 Å². The summed E-state index contributed by atoms with van der Waals surface area (Å²) in [5.74, 6) is 0.0676. The quantitative estimate of drug-likeness (QED) is 0.498. The second-order valence-corrected chi connectivity index (χ2v) is 8.73. The largest absolute Gasteiger partial charge is 0.368 e. The number of rotatable bonds is 9. The van der Waals surface area contributed by atoms with Crippen molar-refractivity contribution < 1.29 is 18.3 Å². The van der Waals surface area contributed by atoms with E-state index in [1.807, 2.05) is 6.92 Å². The van der Waals surface area contributed by atoms with Crippen molar-refractivity contribution in [3.05, 3.63) is 11.5 Å². The van der Waals surface area contributed by atoms with Gasteiger partial charge in [-0.1, -0.05) is 11.6 Å². The van der Waals surface area contributed by atoms with Crippen LogP contribution in [-0.4, -0.2) is 44.2 Å². The van der Waals surface area contributed by atoms with E-state index in [9.17, 15) is 4.57 Å². The van der Waals surface area contributed by atoms with Gasteiger partial charge in [-0.3, -0.25) is 4.57 Å². The van der Waals surface area contributed by atoms with Gasteiger partial charge in [0.1, 0.15) is 11.9 Å². The summed E-state index contributed by atoms with van der Waals surface area (Å²) >= 11 is 6.02. The number of nitrogens with zero attached hydrogens (tertiary/aromatic N) is 4. The minimum atomic E-state index is -3.35. The number of halogens is 1.